The molecule has 0 saturated carbocycles. The fourth-order valence-electron chi connectivity index (χ4n) is 1.34. The third-order valence-corrected chi connectivity index (χ3v) is 1.99. The van der Waals surface area contributed by atoms with Crippen molar-refractivity contribution in [3.05, 3.63) is 36.3 Å². The Hall–Kier alpha value is -2.37. The largest absolute Gasteiger partial charge is 0.476 e. The van der Waals surface area contributed by atoms with Gasteiger partial charge in [-0.25, -0.2) is 9.78 Å². The van der Waals surface area contributed by atoms with Gasteiger partial charge in [0.1, 0.15) is 18.5 Å². The Morgan fingerprint density at radius 1 is 1.56 bits per heavy atom. The van der Waals surface area contributed by atoms with Gasteiger partial charge in [-0.2, -0.15) is 0 Å². The highest BCUT2D eigenvalue weighted by atomic mass is 16.6. The predicted molar refractivity (Wildman–Crippen MR) is 56.4 cm³/mol. The van der Waals surface area contributed by atoms with Crippen LogP contribution in [0.1, 0.15) is 5.69 Å². The number of carboxylic acids is 1. The van der Waals surface area contributed by atoms with E-state index < -0.39 is 5.97 Å². The van der Waals surface area contributed by atoms with E-state index in [0.717, 1.165) is 0 Å². The molecule has 0 unspecified atom stereocenters. The Bertz CT molecular complexity index is 526. The van der Waals surface area contributed by atoms with Gasteiger partial charge >= 0.3 is 5.97 Å². The number of hydrogen-bond acceptors (Lipinski definition) is 4. The van der Waals surface area contributed by atoms with Gasteiger partial charge in [0.25, 0.3) is 0 Å². The Balaban J connectivity index is 2.53. The second kappa shape index (κ2) is 4.01. The van der Waals surface area contributed by atoms with Crippen LogP contribution in [-0.2, 0) is 9.63 Å². The van der Waals surface area contributed by atoms with Crippen molar-refractivity contribution in [2.45, 2.75) is 0 Å². The number of rotatable bonds is 3. The molecular weight excluding hydrogens is 210 g/mol. The number of aliphatic carboxylic acids is 1. The number of aromatic nitrogens is 2. The summed E-state index contributed by atoms with van der Waals surface area (Å²) in [7, 11) is 1.29. The molecule has 0 saturated heterocycles. The van der Waals surface area contributed by atoms with Gasteiger partial charge in [-0.15, -0.1) is 0 Å². The molecule has 2 aromatic rings. The summed E-state index contributed by atoms with van der Waals surface area (Å²) in [5.74, 6) is -1.18. The van der Waals surface area contributed by atoms with Gasteiger partial charge in [0, 0.05) is 12.4 Å². The number of carbonyl (C=O) groups is 1. The summed E-state index contributed by atoms with van der Waals surface area (Å²) >= 11 is 0. The molecule has 0 aliphatic rings. The molecule has 6 nitrogen and oxygen atoms in total. The number of pyridine rings is 1. The summed E-state index contributed by atoms with van der Waals surface area (Å²) in [6.45, 7) is 0. The van der Waals surface area contributed by atoms with Crippen molar-refractivity contribution in [1.29, 1.82) is 0 Å². The van der Waals surface area contributed by atoms with Crippen LogP contribution in [0.3, 0.4) is 0 Å². The molecule has 0 aliphatic carbocycles. The normalized spacial score (nSPS) is 11.7. The molecule has 0 amide bonds. The number of oxime groups is 1. The van der Waals surface area contributed by atoms with E-state index in [1.54, 1.807) is 22.9 Å². The second-order valence-electron chi connectivity index (χ2n) is 3.02. The lowest BCUT2D eigenvalue weighted by atomic mass is 10.3. The fraction of sp³-hybridized carbons (Fsp3) is 0.100. The number of carboxylic acid groups (broad SMARTS) is 1. The molecule has 2 heterocycles. The topological polar surface area (TPSA) is 76.2 Å². The van der Waals surface area contributed by atoms with Gasteiger partial charge in [-0.05, 0) is 12.1 Å². The zero-order valence-corrected chi connectivity index (χ0v) is 8.49. The lowest BCUT2D eigenvalue weighted by Crippen LogP contribution is -2.15. The summed E-state index contributed by atoms with van der Waals surface area (Å²) in [5, 5.41) is 12.4. The summed E-state index contributed by atoms with van der Waals surface area (Å²) < 4.78 is 1.71. The molecule has 16 heavy (non-hydrogen) atoms. The smallest absolute Gasteiger partial charge is 0.360 e. The van der Waals surface area contributed by atoms with E-state index in [9.17, 15) is 4.79 Å². The van der Waals surface area contributed by atoms with Crippen molar-refractivity contribution in [3.8, 4) is 0 Å². The fourth-order valence-corrected chi connectivity index (χ4v) is 1.34. The van der Waals surface area contributed by atoms with Crippen molar-refractivity contribution in [3.63, 3.8) is 0 Å². The third kappa shape index (κ3) is 1.72. The SMILES string of the molecule is CO/N=C(/C(=O)O)c1cn2ccccc2n1. The average molecular weight is 219 g/mol. The summed E-state index contributed by atoms with van der Waals surface area (Å²) in [4.78, 5) is 19.5. The molecule has 0 spiro atoms. The molecule has 0 atom stereocenters. The molecule has 6 heteroatoms. The minimum absolute atomic E-state index is 0.216. The van der Waals surface area contributed by atoms with E-state index in [1.165, 1.54) is 7.11 Å². The molecule has 0 aromatic carbocycles. The van der Waals surface area contributed by atoms with E-state index in [4.69, 9.17) is 5.11 Å². The van der Waals surface area contributed by atoms with Crippen LogP contribution in [0.5, 0.6) is 0 Å². The highest BCUT2D eigenvalue weighted by molar-refractivity contribution is 6.41. The predicted octanol–water partition coefficient (Wildman–Crippen LogP) is 0.769. The van der Waals surface area contributed by atoms with Crippen molar-refractivity contribution >= 4 is 17.3 Å². The first kappa shape index (κ1) is 10.2. The van der Waals surface area contributed by atoms with Crippen LogP contribution in [0, 0.1) is 0 Å². The van der Waals surface area contributed by atoms with Crippen LogP contribution in [0.15, 0.2) is 35.7 Å². The molecule has 2 rings (SSSR count). The zero-order chi connectivity index (χ0) is 11.5. The molecular formula is C10H9N3O3. The van der Waals surface area contributed by atoms with Crippen LogP contribution in [0.4, 0.5) is 0 Å². The van der Waals surface area contributed by atoms with E-state index >= 15 is 0 Å². The van der Waals surface area contributed by atoms with Gasteiger partial charge in [0.15, 0.2) is 0 Å². The average Bonchev–Trinajstić information content (AvgIpc) is 2.68. The van der Waals surface area contributed by atoms with Crippen molar-refractivity contribution in [1.82, 2.24) is 9.38 Å². The second-order valence-corrected chi connectivity index (χ2v) is 3.02. The number of nitrogens with zero attached hydrogens (tertiary/aromatic N) is 3. The third-order valence-electron chi connectivity index (χ3n) is 1.99. The maximum Gasteiger partial charge on any atom is 0.360 e. The maximum absolute atomic E-state index is 10.9. The lowest BCUT2D eigenvalue weighted by molar-refractivity contribution is -0.129. The summed E-state index contributed by atoms with van der Waals surface area (Å²) in [5.41, 5.74) is 0.703. The first-order chi connectivity index (χ1) is 7.72. The minimum Gasteiger partial charge on any atom is -0.476 e. The van der Waals surface area contributed by atoms with Crippen LogP contribution >= 0.6 is 0 Å². The van der Waals surface area contributed by atoms with E-state index in [2.05, 4.69) is 15.0 Å². The lowest BCUT2D eigenvalue weighted by Gasteiger charge is -1.94. The van der Waals surface area contributed by atoms with Crippen molar-refractivity contribution in [2.24, 2.45) is 5.16 Å². The van der Waals surface area contributed by atoms with E-state index in [1.807, 2.05) is 12.1 Å². The molecule has 0 bridgehead atoms. The van der Waals surface area contributed by atoms with Crippen LogP contribution in [0.25, 0.3) is 5.65 Å². The Labute approximate surface area is 90.8 Å². The highest BCUT2D eigenvalue weighted by Gasteiger charge is 2.17. The molecule has 82 valence electrons. The number of fused-ring (bicyclic) bond motifs is 1. The van der Waals surface area contributed by atoms with Gasteiger partial charge < -0.3 is 14.3 Å². The Kier molecular flexibility index (Phi) is 2.55. The molecule has 1 N–H and O–H groups in total. The molecule has 2 aromatic heterocycles. The van der Waals surface area contributed by atoms with Crippen LogP contribution in [-0.4, -0.2) is 33.3 Å². The number of hydrogen-bond donors (Lipinski definition) is 1. The van der Waals surface area contributed by atoms with Crippen LogP contribution in [0.2, 0.25) is 0 Å². The highest BCUT2D eigenvalue weighted by Crippen LogP contribution is 2.06. The Morgan fingerprint density at radius 3 is 3.00 bits per heavy atom. The quantitative estimate of drug-likeness (QED) is 0.611. The first-order valence-corrected chi connectivity index (χ1v) is 4.51. The van der Waals surface area contributed by atoms with Gasteiger partial charge in [0.05, 0.1) is 0 Å². The molecule has 0 aliphatic heterocycles. The summed E-state index contributed by atoms with van der Waals surface area (Å²) in [6, 6.07) is 5.42. The van der Waals surface area contributed by atoms with Gasteiger partial charge in [-0.3, -0.25) is 0 Å². The number of imidazole rings is 1. The molecule has 0 fully saturated rings. The van der Waals surface area contributed by atoms with Crippen molar-refractivity contribution < 1.29 is 14.7 Å². The van der Waals surface area contributed by atoms with Crippen molar-refractivity contribution in [2.75, 3.05) is 7.11 Å². The van der Waals surface area contributed by atoms with Crippen LogP contribution < -0.4 is 0 Å². The summed E-state index contributed by atoms with van der Waals surface area (Å²) in [6.07, 6.45) is 3.36. The zero-order valence-electron chi connectivity index (χ0n) is 8.49. The first-order valence-electron chi connectivity index (χ1n) is 4.51. The van der Waals surface area contributed by atoms with E-state index in [-0.39, 0.29) is 11.4 Å². The Morgan fingerprint density at radius 2 is 2.38 bits per heavy atom. The van der Waals surface area contributed by atoms with E-state index in [0.29, 0.717) is 5.65 Å². The standard InChI is InChI=1S/C10H9N3O3/c1-16-12-9(10(14)15)7-6-13-5-3-2-4-8(13)11-7/h2-6H,1H3,(H,14,15)/b12-9+. The maximum atomic E-state index is 10.9. The van der Waals surface area contributed by atoms with Gasteiger partial charge in [-0.1, -0.05) is 11.2 Å². The minimum atomic E-state index is -1.18. The monoisotopic (exact) mass is 219 g/mol. The molecule has 0 radical (unpaired) electrons. The van der Waals surface area contributed by atoms with Gasteiger partial charge in [0.2, 0.25) is 5.71 Å².